The minimum atomic E-state index is -4.77. The van der Waals surface area contributed by atoms with E-state index in [1.54, 1.807) is 26.2 Å². The molecule has 1 aliphatic heterocycles. The summed E-state index contributed by atoms with van der Waals surface area (Å²) in [6.45, 7) is 9.19. The number of rotatable bonds is 14. The first-order chi connectivity index (χ1) is 24.2. The minimum Gasteiger partial charge on any atom is -0.497 e. The van der Waals surface area contributed by atoms with Crippen LogP contribution in [0, 0.1) is 11.2 Å². The molecule has 0 spiro atoms. The van der Waals surface area contributed by atoms with Crippen LogP contribution < -0.4 is 24.8 Å². The standard InChI is InChI=1S/C38H40F4N4O5/c1-5-50-33-19-35(51-21-24-6-10-30(49-4)11-7-24)44-20-31(33)25-8-9-26(32(39)16-25)17-34(47)45-29-15-27(14-28(18-29)38(40,41)42)36(48)43-12-13-46-22-37(2,3)23-46/h6-11,14-16,18-20H,5,12-13,17,21-23H2,1-4H3,(H,43,48)(H,45,47). The molecule has 9 nitrogen and oxygen atoms in total. The molecule has 0 unspecified atom stereocenters. The highest BCUT2D eigenvalue weighted by Gasteiger charge is 2.34. The quantitative estimate of drug-likeness (QED) is 0.134. The van der Waals surface area contributed by atoms with Crippen molar-refractivity contribution >= 4 is 17.5 Å². The number of pyridine rings is 1. The number of nitrogens with one attached hydrogen (secondary N) is 2. The Morgan fingerprint density at radius 2 is 1.73 bits per heavy atom. The van der Waals surface area contributed by atoms with Gasteiger partial charge in [-0.05, 0) is 65.4 Å². The van der Waals surface area contributed by atoms with E-state index in [1.807, 2.05) is 24.3 Å². The van der Waals surface area contributed by atoms with E-state index in [2.05, 4.69) is 34.4 Å². The largest absolute Gasteiger partial charge is 0.497 e. The lowest BCUT2D eigenvalue weighted by atomic mass is 9.84. The lowest BCUT2D eigenvalue weighted by Crippen LogP contribution is -2.54. The summed E-state index contributed by atoms with van der Waals surface area (Å²) in [4.78, 5) is 32.2. The normalized spacial score (nSPS) is 14.0. The molecule has 270 valence electrons. The Morgan fingerprint density at radius 3 is 2.37 bits per heavy atom. The number of benzene rings is 3. The Morgan fingerprint density at radius 1 is 0.980 bits per heavy atom. The van der Waals surface area contributed by atoms with Crippen LogP contribution in [0.3, 0.4) is 0 Å². The number of carbonyl (C=O) groups is 2. The smallest absolute Gasteiger partial charge is 0.416 e. The second-order valence-corrected chi connectivity index (χ2v) is 13.0. The Balaban J connectivity index is 1.24. The van der Waals surface area contributed by atoms with Gasteiger partial charge in [0.2, 0.25) is 11.8 Å². The number of anilines is 1. The SMILES string of the molecule is CCOc1cc(OCc2ccc(OC)cc2)ncc1-c1ccc(CC(=O)Nc2cc(C(=O)NCCN3CC(C)(C)C3)cc(C(F)(F)F)c2)c(F)c1. The van der Waals surface area contributed by atoms with E-state index < -0.39 is 35.8 Å². The molecule has 2 heterocycles. The summed E-state index contributed by atoms with van der Waals surface area (Å²) >= 11 is 0. The molecule has 0 atom stereocenters. The number of hydrogen-bond acceptors (Lipinski definition) is 7. The van der Waals surface area contributed by atoms with Gasteiger partial charge in [-0.3, -0.25) is 9.59 Å². The van der Waals surface area contributed by atoms with Gasteiger partial charge in [-0.15, -0.1) is 0 Å². The van der Waals surface area contributed by atoms with Crippen molar-refractivity contribution in [3.05, 3.63) is 101 Å². The average molecular weight is 709 g/mol. The molecular weight excluding hydrogens is 668 g/mol. The van der Waals surface area contributed by atoms with Gasteiger partial charge in [0.1, 0.15) is 23.9 Å². The fourth-order valence-corrected chi connectivity index (χ4v) is 5.85. The van der Waals surface area contributed by atoms with Crippen molar-refractivity contribution in [1.82, 2.24) is 15.2 Å². The van der Waals surface area contributed by atoms with Crippen molar-refractivity contribution in [2.24, 2.45) is 5.41 Å². The number of hydrogen-bond donors (Lipinski definition) is 2. The number of methoxy groups -OCH3 is 1. The van der Waals surface area contributed by atoms with Gasteiger partial charge in [0.25, 0.3) is 5.91 Å². The van der Waals surface area contributed by atoms with Crippen LogP contribution in [-0.2, 0) is 24.0 Å². The zero-order valence-corrected chi connectivity index (χ0v) is 28.8. The van der Waals surface area contributed by atoms with E-state index in [0.29, 0.717) is 35.9 Å². The number of ether oxygens (including phenoxy) is 3. The zero-order valence-electron chi connectivity index (χ0n) is 28.8. The zero-order chi connectivity index (χ0) is 36.8. The van der Waals surface area contributed by atoms with E-state index >= 15 is 4.39 Å². The third-order valence-electron chi connectivity index (χ3n) is 8.22. The van der Waals surface area contributed by atoms with E-state index in [4.69, 9.17) is 14.2 Å². The summed E-state index contributed by atoms with van der Waals surface area (Å²) in [6.07, 6.45) is -3.73. The molecule has 2 N–H and O–H groups in total. The Kier molecular flexibility index (Phi) is 11.5. The Bertz CT molecular complexity index is 1860. The monoisotopic (exact) mass is 708 g/mol. The van der Waals surface area contributed by atoms with Gasteiger partial charge in [-0.2, -0.15) is 13.2 Å². The molecule has 51 heavy (non-hydrogen) atoms. The van der Waals surface area contributed by atoms with Crippen molar-refractivity contribution in [1.29, 1.82) is 0 Å². The summed E-state index contributed by atoms with van der Waals surface area (Å²) < 4.78 is 73.3. The molecule has 1 aliphatic rings. The molecular formula is C38H40F4N4O5. The summed E-state index contributed by atoms with van der Waals surface area (Å²) in [5, 5.41) is 5.04. The molecule has 0 aliphatic carbocycles. The summed E-state index contributed by atoms with van der Waals surface area (Å²) in [5.74, 6) is -0.728. The predicted molar refractivity (Wildman–Crippen MR) is 184 cm³/mol. The number of aromatic nitrogens is 1. The van der Waals surface area contributed by atoms with Crippen molar-refractivity contribution in [2.45, 2.75) is 40.0 Å². The molecule has 5 rings (SSSR count). The van der Waals surface area contributed by atoms with Gasteiger partial charge in [0.15, 0.2) is 0 Å². The molecule has 0 saturated carbocycles. The Hall–Kier alpha value is -5.17. The lowest BCUT2D eigenvalue weighted by Gasteiger charge is -2.45. The molecule has 4 aromatic rings. The van der Waals surface area contributed by atoms with Crippen LogP contribution in [0.4, 0.5) is 23.2 Å². The van der Waals surface area contributed by atoms with Crippen molar-refractivity contribution in [3.63, 3.8) is 0 Å². The van der Waals surface area contributed by atoms with E-state index in [9.17, 15) is 22.8 Å². The second kappa shape index (κ2) is 15.8. The average Bonchev–Trinajstić information content (AvgIpc) is 3.07. The highest BCUT2D eigenvalue weighted by molar-refractivity contribution is 5.98. The van der Waals surface area contributed by atoms with Crippen molar-refractivity contribution in [2.75, 3.05) is 45.2 Å². The van der Waals surface area contributed by atoms with Gasteiger partial charge in [-0.1, -0.05) is 38.1 Å². The second-order valence-electron chi connectivity index (χ2n) is 13.0. The van der Waals surface area contributed by atoms with E-state index in [0.717, 1.165) is 36.5 Å². The third-order valence-corrected chi connectivity index (χ3v) is 8.22. The van der Waals surface area contributed by atoms with Gasteiger partial charge < -0.3 is 29.7 Å². The molecule has 1 aromatic heterocycles. The third kappa shape index (κ3) is 9.97. The van der Waals surface area contributed by atoms with Crippen LogP contribution in [0.5, 0.6) is 17.4 Å². The summed E-state index contributed by atoms with van der Waals surface area (Å²) in [5.41, 5.74) is 0.459. The van der Waals surface area contributed by atoms with Crippen LogP contribution in [0.15, 0.2) is 72.9 Å². The van der Waals surface area contributed by atoms with Crippen LogP contribution in [0.25, 0.3) is 11.1 Å². The lowest BCUT2D eigenvalue weighted by molar-refractivity contribution is -0.137. The number of nitrogens with zero attached hydrogens (tertiary/aromatic N) is 2. The maximum Gasteiger partial charge on any atom is 0.416 e. The topological polar surface area (TPSA) is 102 Å². The fraction of sp³-hybridized carbons (Fsp3) is 0.342. The van der Waals surface area contributed by atoms with Crippen LogP contribution >= 0.6 is 0 Å². The van der Waals surface area contributed by atoms with Crippen LogP contribution in [0.2, 0.25) is 0 Å². The maximum atomic E-state index is 15.4. The first kappa shape index (κ1) is 37.1. The Labute approximate surface area is 293 Å². The molecule has 1 saturated heterocycles. The number of halogens is 4. The fourth-order valence-electron chi connectivity index (χ4n) is 5.85. The number of alkyl halides is 3. The van der Waals surface area contributed by atoms with E-state index in [1.165, 1.54) is 24.4 Å². The van der Waals surface area contributed by atoms with Crippen molar-refractivity contribution < 1.29 is 41.4 Å². The molecule has 0 radical (unpaired) electrons. The van der Waals surface area contributed by atoms with Crippen molar-refractivity contribution in [3.8, 4) is 28.5 Å². The summed E-state index contributed by atoms with van der Waals surface area (Å²) in [7, 11) is 1.59. The van der Waals surface area contributed by atoms with Crippen LogP contribution in [-0.4, -0.2) is 61.6 Å². The highest BCUT2D eigenvalue weighted by atomic mass is 19.4. The maximum absolute atomic E-state index is 15.4. The first-order valence-corrected chi connectivity index (χ1v) is 16.4. The molecule has 2 amide bonds. The minimum absolute atomic E-state index is 0.0146. The molecule has 1 fully saturated rings. The van der Waals surface area contributed by atoms with Crippen LogP contribution in [0.1, 0.15) is 47.8 Å². The highest BCUT2D eigenvalue weighted by Crippen LogP contribution is 2.34. The number of carbonyl (C=O) groups excluding carboxylic acids is 2. The van der Waals surface area contributed by atoms with Gasteiger partial charge in [0.05, 0.1) is 25.7 Å². The van der Waals surface area contributed by atoms with Gasteiger partial charge in [0, 0.05) is 55.3 Å². The number of amides is 2. The van der Waals surface area contributed by atoms with Gasteiger partial charge in [-0.25, -0.2) is 9.37 Å². The molecule has 0 bridgehead atoms. The molecule has 3 aromatic carbocycles. The molecule has 13 heteroatoms. The van der Waals surface area contributed by atoms with E-state index in [-0.39, 0.29) is 35.4 Å². The number of likely N-dealkylation sites (tertiary alicyclic amines) is 1. The summed E-state index contributed by atoms with van der Waals surface area (Å²) in [6, 6.07) is 15.9. The predicted octanol–water partition coefficient (Wildman–Crippen LogP) is 7.15. The first-order valence-electron chi connectivity index (χ1n) is 16.4. The van der Waals surface area contributed by atoms with Gasteiger partial charge >= 0.3 is 6.18 Å².